The van der Waals surface area contributed by atoms with Crippen LogP contribution < -0.4 is 10.1 Å². The molecule has 0 aromatic heterocycles. The van der Waals surface area contributed by atoms with E-state index in [1.54, 1.807) is 13.2 Å². The van der Waals surface area contributed by atoms with Gasteiger partial charge in [0.25, 0.3) is 5.91 Å². The van der Waals surface area contributed by atoms with Crippen molar-refractivity contribution >= 4 is 5.91 Å². The number of hydrogen-bond donors (Lipinski definition) is 1. The summed E-state index contributed by atoms with van der Waals surface area (Å²) in [6, 6.07) is 15.5. The summed E-state index contributed by atoms with van der Waals surface area (Å²) in [5.41, 5.74) is 2.22. The van der Waals surface area contributed by atoms with Crippen LogP contribution in [0.4, 0.5) is 0 Å². The Morgan fingerprint density at radius 1 is 1.10 bits per heavy atom. The summed E-state index contributed by atoms with van der Waals surface area (Å²) >= 11 is 0. The third kappa shape index (κ3) is 3.43. The van der Waals surface area contributed by atoms with E-state index >= 15 is 0 Å². The highest BCUT2D eigenvalue weighted by Crippen LogP contribution is 2.24. The third-order valence-corrected chi connectivity index (χ3v) is 3.52. The fourth-order valence-corrected chi connectivity index (χ4v) is 2.26. The zero-order valence-corrected chi connectivity index (χ0v) is 12.9. The first-order valence-electron chi connectivity index (χ1n) is 6.97. The molecule has 2 aromatic carbocycles. The number of benzene rings is 2. The van der Waals surface area contributed by atoms with Gasteiger partial charge in [0.05, 0.1) is 18.2 Å². The molecule has 0 aliphatic heterocycles. The van der Waals surface area contributed by atoms with E-state index < -0.39 is 5.54 Å². The van der Waals surface area contributed by atoms with Crippen LogP contribution in [0.15, 0.2) is 48.5 Å². The zero-order chi connectivity index (χ0) is 15.5. The minimum absolute atomic E-state index is 0.138. The second-order valence-corrected chi connectivity index (χ2v) is 5.65. The van der Waals surface area contributed by atoms with E-state index in [1.165, 1.54) is 0 Å². The largest absolute Gasteiger partial charge is 0.496 e. The predicted octanol–water partition coefficient (Wildman–Crippen LogP) is 3.67. The number of carbonyl (C=O) groups excluding carboxylic acids is 1. The summed E-state index contributed by atoms with van der Waals surface area (Å²) in [5, 5.41) is 3.06. The van der Waals surface area contributed by atoms with E-state index in [1.807, 2.05) is 63.2 Å². The number of ether oxygens (including phenoxy) is 1. The molecule has 3 nitrogen and oxygen atoms in total. The average molecular weight is 283 g/mol. The second kappa shape index (κ2) is 6.00. The molecule has 1 N–H and O–H groups in total. The molecule has 0 radical (unpaired) electrons. The number of aryl methyl sites for hydroxylation is 1. The van der Waals surface area contributed by atoms with Gasteiger partial charge in [0.15, 0.2) is 0 Å². The standard InChI is InChI=1S/C18H21NO2/c1-13-10-11-15(16(12-13)21-4)17(20)19-18(2,3)14-8-6-5-7-9-14/h5-12H,1-4H3,(H,19,20). The fourth-order valence-electron chi connectivity index (χ4n) is 2.26. The molecule has 1 amide bonds. The van der Waals surface area contributed by atoms with Gasteiger partial charge in [-0.1, -0.05) is 36.4 Å². The van der Waals surface area contributed by atoms with Crippen molar-refractivity contribution in [3.8, 4) is 5.75 Å². The van der Waals surface area contributed by atoms with E-state index in [9.17, 15) is 4.79 Å². The van der Waals surface area contributed by atoms with Crippen molar-refractivity contribution in [1.29, 1.82) is 0 Å². The monoisotopic (exact) mass is 283 g/mol. The molecule has 21 heavy (non-hydrogen) atoms. The van der Waals surface area contributed by atoms with Crippen LogP contribution in [0.1, 0.15) is 35.3 Å². The lowest BCUT2D eigenvalue weighted by Crippen LogP contribution is -2.41. The maximum Gasteiger partial charge on any atom is 0.255 e. The summed E-state index contributed by atoms with van der Waals surface area (Å²) in [5.74, 6) is 0.456. The molecule has 0 saturated carbocycles. The predicted molar refractivity (Wildman–Crippen MR) is 84.7 cm³/mol. The molecule has 2 aromatic rings. The maximum atomic E-state index is 12.5. The van der Waals surface area contributed by atoms with Crippen molar-refractivity contribution in [2.75, 3.05) is 7.11 Å². The van der Waals surface area contributed by atoms with Crippen molar-refractivity contribution < 1.29 is 9.53 Å². The lowest BCUT2D eigenvalue weighted by atomic mass is 9.94. The minimum atomic E-state index is -0.450. The van der Waals surface area contributed by atoms with Gasteiger partial charge < -0.3 is 10.1 Å². The van der Waals surface area contributed by atoms with Crippen LogP contribution in [0.2, 0.25) is 0 Å². The Labute approximate surface area is 126 Å². The van der Waals surface area contributed by atoms with E-state index in [0.29, 0.717) is 11.3 Å². The molecule has 0 fully saturated rings. The van der Waals surface area contributed by atoms with Crippen LogP contribution in [-0.4, -0.2) is 13.0 Å². The summed E-state index contributed by atoms with van der Waals surface area (Å²) in [4.78, 5) is 12.5. The normalized spacial score (nSPS) is 11.0. The van der Waals surface area contributed by atoms with Gasteiger partial charge in [-0.05, 0) is 44.0 Å². The molecule has 0 unspecified atom stereocenters. The van der Waals surface area contributed by atoms with Gasteiger partial charge >= 0.3 is 0 Å². The highest BCUT2D eigenvalue weighted by Gasteiger charge is 2.24. The van der Waals surface area contributed by atoms with Crippen molar-refractivity contribution in [1.82, 2.24) is 5.32 Å². The molecule has 0 saturated heterocycles. The highest BCUT2D eigenvalue weighted by atomic mass is 16.5. The number of carbonyl (C=O) groups is 1. The topological polar surface area (TPSA) is 38.3 Å². The van der Waals surface area contributed by atoms with Crippen molar-refractivity contribution in [2.45, 2.75) is 26.3 Å². The SMILES string of the molecule is COc1cc(C)ccc1C(=O)NC(C)(C)c1ccccc1. The van der Waals surface area contributed by atoms with E-state index in [-0.39, 0.29) is 5.91 Å². The van der Waals surface area contributed by atoms with Crippen molar-refractivity contribution in [3.63, 3.8) is 0 Å². The molecule has 0 bridgehead atoms. The van der Waals surface area contributed by atoms with Crippen LogP contribution in [0.25, 0.3) is 0 Å². The lowest BCUT2D eigenvalue weighted by Gasteiger charge is -2.27. The second-order valence-electron chi connectivity index (χ2n) is 5.65. The fraction of sp³-hybridized carbons (Fsp3) is 0.278. The molecule has 0 aliphatic carbocycles. The van der Waals surface area contributed by atoms with Gasteiger partial charge in [-0.25, -0.2) is 0 Å². The van der Waals surface area contributed by atoms with Crippen LogP contribution >= 0.6 is 0 Å². The minimum Gasteiger partial charge on any atom is -0.496 e. The van der Waals surface area contributed by atoms with E-state index in [4.69, 9.17) is 4.74 Å². The Morgan fingerprint density at radius 2 is 1.76 bits per heavy atom. The van der Waals surface area contributed by atoms with Crippen LogP contribution in [0.5, 0.6) is 5.75 Å². The quantitative estimate of drug-likeness (QED) is 0.929. The highest BCUT2D eigenvalue weighted by molar-refractivity contribution is 5.97. The molecule has 110 valence electrons. The molecule has 0 heterocycles. The van der Waals surface area contributed by atoms with Gasteiger partial charge in [0, 0.05) is 0 Å². The van der Waals surface area contributed by atoms with E-state index in [0.717, 1.165) is 11.1 Å². The van der Waals surface area contributed by atoms with Gasteiger partial charge in [-0.15, -0.1) is 0 Å². The smallest absolute Gasteiger partial charge is 0.255 e. The van der Waals surface area contributed by atoms with Crippen LogP contribution in [0, 0.1) is 6.92 Å². The van der Waals surface area contributed by atoms with Crippen LogP contribution in [0.3, 0.4) is 0 Å². The Morgan fingerprint density at radius 3 is 2.38 bits per heavy atom. The van der Waals surface area contributed by atoms with Crippen molar-refractivity contribution in [3.05, 3.63) is 65.2 Å². The Hall–Kier alpha value is -2.29. The summed E-state index contributed by atoms with van der Waals surface area (Å²) in [6.07, 6.45) is 0. The molecular weight excluding hydrogens is 262 g/mol. The number of rotatable bonds is 4. The molecule has 0 atom stereocenters. The lowest BCUT2D eigenvalue weighted by molar-refractivity contribution is 0.0909. The molecule has 0 spiro atoms. The van der Waals surface area contributed by atoms with Crippen molar-refractivity contribution in [2.24, 2.45) is 0 Å². The molecule has 2 rings (SSSR count). The van der Waals surface area contributed by atoms with Gasteiger partial charge in [0.2, 0.25) is 0 Å². The molecule has 3 heteroatoms. The van der Waals surface area contributed by atoms with Gasteiger partial charge in [0.1, 0.15) is 5.75 Å². The average Bonchev–Trinajstić information content (AvgIpc) is 2.47. The van der Waals surface area contributed by atoms with Crippen LogP contribution in [-0.2, 0) is 5.54 Å². The summed E-state index contributed by atoms with van der Waals surface area (Å²) < 4.78 is 5.31. The summed E-state index contributed by atoms with van der Waals surface area (Å²) in [7, 11) is 1.58. The number of hydrogen-bond acceptors (Lipinski definition) is 2. The Balaban J connectivity index is 2.26. The molecule has 0 aliphatic rings. The Bertz CT molecular complexity index is 633. The first kappa shape index (κ1) is 15.1. The maximum absolute atomic E-state index is 12.5. The zero-order valence-electron chi connectivity index (χ0n) is 12.9. The first-order valence-corrected chi connectivity index (χ1v) is 6.97. The Kier molecular flexibility index (Phi) is 4.32. The van der Waals surface area contributed by atoms with E-state index in [2.05, 4.69) is 5.32 Å². The number of amides is 1. The third-order valence-electron chi connectivity index (χ3n) is 3.52. The number of methoxy groups -OCH3 is 1. The number of nitrogens with one attached hydrogen (secondary N) is 1. The first-order chi connectivity index (χ1) is 9.94. The van der Waals surface area contributed by atoms with Gasteiger partial charge in [-0.3, -0.25) is 4.79 Å². The summed E-state index contributed by atoms with van der Waals surface area (Å²) in [6.45, 7) is 5.94. The van der Waals surface area contributed by atoms with Gasteiger partial charge in [-0.2, -0.15) is 0 Å². The molecular formula is C18H21NO2.